The van der Waals surface area contributed by atoms with Gasteiger partial charge in [0.15, 0.2) is 0 Å². The molecule has 0 saturated heterocycles. The van der Waals surface area contributed by atoms with Gasteiger partial charge < -0.3 is 5.11 Å². The quantitative estimate of drug-likeness (QED) is 0.933. The summed E-state index contributed by atoms with van der Waals surface area (Å²) >= 11 is 0. The van der Waals surface area contributed by atoms with Crippen molar-refractivity contribution in [2.45, 2.75) is 33.6 Å². The Labute approximate surface area is 122 Å². The molecule has 2 aromatic rings. The normalized spacial score (nSPS) is 10.6. The van der Waals surface area contributed by atoms with E-state index in [-0.39, 0.29) is 12.1 Å². The number of aromatic nitrogens is 2. The Hall–Kier alpha value is -2.43. The van der Waals surface area contributed by atoms with E-state index in [1.165, 1.54) is 4.57 Å². The molecule has 0 atom stereocenters. The van der Waals surface area contributed by atoms with Crippen LogP contribution in [0.25, 0.3) is 5.69 Å². The summed E-state index contributed by atoms with van der Waals surface area (Å²) in [6, 6.07) is 7.59. The van der Waals surface area contributed by atoms with Crippen molar-refractivity contribution in [2.24, 2.45) is 0 Å². The number of hydrogen-bond donors (Lipinski definition) is 1. The van der Waals surface area contributed by atoms with Crippen molar-refractivity contribution in [2.75, 3.05) is 0 Å². The molecular weight excluding hydrogens is 268 g/mol. The van der Waals surface area contributed by atoms with Crippen molar-refractivity contribution in [1.82, 2.24) is 9.55 Å². The lowest BCUT2D eigenvalue weighted by Crippen LogP contribution is -2.27. The number of carboxylic acid groups (broad SMARTS) is 1. The molecule has 1 heterocycles. The minimum atomic E-state index is -0.933. The molecule has 0 unspecified atom stereocenters. The third kappa shape index (κ3) is 2.86. The summed E-state index contributed by atoms with van der Waals surface area (Å²) in [6.45, 7) is 5.45. The minimum absolute atomic E-state index is 0.140. The van der Waals surface area contributed by atoms with Crippen LogP contribution in [-0.2, 0) is 17.6 Å². The molecule has 110 valence electrons. The topological polar surface area (TPSA) is 72.2 Å². The first kappa shape index (κ1) is 15.0. The molecule has 0 saturated carbocycles. The molecule has 0 bridgehead atoms. The number of benzene rings is 1. The number of carbonyl (C=O) groups is 1. The Balaban J connectivity index is 2.75. The number of para-hydroxylation sites is 1. The fourth-order valence-corrected chi connectivity index (χ4v) is 2.52. The Bertz CT molecular complexity index is 748. The Morgan fingerprint density at radius 3 is 2.57 bits per heavy atom. The van der Waals surface area contributed by atoms with Gasteiger partial charge in [-0.15, -0.1) is 0 Å². The highest BCUT2D eigenvalue weighted by Gasteiger charge is 2.16. The van der Waals surface area contributed by atoms with E-state index in [2.05, 4.69) is 4.98 Å². The van der Waals surface area contributed by atoms with Gasteiger partial charge in [0.1, 0.15) is 0 Å². The molecule has 5 nitrogen and oxygen atoms in total. The maximum atomic E-state index is 12.3. The number of rotatable bonds is 4. The molecule has 5 heteroatoms. The maximum absolute atomic E-state index is 12.3. The van der Waals surface area contributed by atoms with Crippen molar-refractivity contribution in [3.8, 4) is 5.69 Å². The molecule has 2 rings (SSSR count). The van der Waals surface area contributed by atoms with E-state index in [9.17, 15) is 9.59 Å². The van der Waals surface area contributed by atoms with E-state index in [1.54, 1.807) is 13.8 Å². The summed E-state index contributed by atoms with van der Waals surface area (Å²) in [5.74, 6) is -0.933. The van der Waals surface area contributed by atoms with Crippen LogP contribution in [0.2, 0.25) is 0 Å². The molecule has 0 amide bonds. The van der Waals surface area contributed by atoms with Crippen LogP contribution in [0, 0.1) is 13.8 Å². The molecule has 1 aromatic heterocycles. The van der Waals surface area contributed by atoms with E-state index < -0.39 is 5.97 Å². The first-order valence-electron chi connectivity index (χ1n) is 6.85. The Morgan fingerprint density at radius 2 is 1.95 bits per heavy atom. The summed E-state index contributed by atoms with van der Waals surface area (Å²) in [5, 5.41) is 9.03. The van der Waals surface area contributed by atoms with Gasteiger partial charge in [-0.05, 0) is 31.9 Å². The van der Waals surface area contributed by atoms with Gasteiger partial charge in [-0.2, -0.15) is 4.98 Å². The van der Waals surface area contributed by atoms with Gasteiger partial charge in [-0.3, -0.25) is 9.36 Å². The first-order valence-corrected chi connectivity index (χ1v) is 6.85. The van der Waals surface area contributed by atoms with E-state index in [4.69, 9.17) is 5.11 Å². The highest BCUT2D eigenvalue weighted by molar-refractivity contribution is 5.71. The van der Waals surface area contributed by atoms with Crippen LogP contribution >= 0.6 is 0 Å². The standard InChI is InChI=1S/C16H18N2O3/c1-4-12-7-5-6-8-14(12)18-11(3)13(9-15(19)20)10(2)17-16(18)21/h5-8H,4,9H2,1-3H3,(H,19,20). The minimum Gasteiger partial charge on any atom is -0.481 e. The van der Waals surface area contributed by atoms with Crippen LogP contribution in [0.5, 0.6) is 0 Å². The Morgan fingerprint density at radius 1 is 1.29 bits per heavy atom. The Kier molecular flexibility index (Phi) is 4.21. The van der Waals surface area contributed by atoms with Gasteiger partial charge in [-0.1, -0.05) is 25.1 Å². The average molecular weight is 286 g/mol. The SMILES string of the molecule is CCc1ccccc1-n1c(C)c(CC(=O)O)c(C)nc1=O. The molecule has 1 aromatic carbocycles. The zero-order chi connectivity index (χ0) is 15.6. The monoisotopic (exact) mass is 286 g/mol. The predicted molar refractivity (Wildman–Crippen MR) is 80.0 cm³/mol. The fourth-order valence-electron chi connectivity index (χ4n) is 2.52. The summed E-state index contributed by atoms with van der Waals surface area (Å²) in [6.07, 6.45) is 0.642. The van der Waals surface area contributed by atoms with Crippen molar-refractivity contribution in [3.05, 3.63) is 57.3 Å². The molecule has 0 aliphatic rings. The smallest absolute Gasteiger partial charge is 0.352 e. The zero-order valence-corrected chi connectivity index (χ0v) is 12.4. The van der Waals surface area contributed by atoms with Crippen LogP contribution in [0.1, 0.15) is 29.4 Å². The number of carboxylic acids is 1. The maximum Gasteiger partial charge on any atom is 0.352 e. The van der Waals surface area contributed by atoms with Crippen molar-refractivity contribution >= 4 is 5.97 Å². The lowest BCUT2D eigenvalue weighted by molar-refractivity contribution is -0.136. The van der Waals surface area contributed by atoms with Gasteiger partial charge in [0.05, 0.1) is 12.1 Å². The molecule has 0 aliphatic heterocycles. The summed E-state index contributed by atoms with van der Waals surface area (Å²) in [5.41, 5.74) is 3.12. The summed E-state index contributed by atoms with van der Waals surface area (Å²) in [4.78, 5) is 27.3. The number of nitrogens with zero attached hydrogens (tertiary/aromatic N) is 2. The van der Waals surface area contributed by atoms with Crippen LogP contribution in [0.3, 0.4) is 0 Å². The summed E-state index contributed by atoms with van der Waals surface area (Å²) in [7, 11) is 0. The molecular formula is C16H18N2O3. The second kappa shape index (κ2) is 5.91. The first-order chi connectivity index (χ1) is 9.95. The van der Waals surface area contributed by atoms with Crippen LogP contribution < -0.4 is 5.69 Å². The van der Waals surface area contributed by atoms with Crippen LogP contribution in [-0.4, -0.2) is 20.6 Å². The second-order valence-electron chi connectivity index (χ2n) is 4.93. The molecule has 1 N–H and O–H groups in total. The van der Waals surface area contributed by atoms with Crippen molar-refractivity contribution < 1.29 is 9.90 Å². The fraction of sp³-hybridized carbons (Fsp3) is 0.312. The van der Waals surface area contributed by atoms with E-state index in [0.717, 1.165) is 17.7 Å². The van der Waals surface area contributed by atoms with Gasteiger partial charge >= 0.3 is 11.7 Å². The molecule has 0 spiro atoms. The number of hydrogen-bond acceptors (Lipinski definition) is 3. The summed E-state index contributed by atoms with van der Waals surface area (Å²) < 4.78 is 1.50. The molecule has 21 heavy (non-hydrogen) atoms. The van der Waals surface area contributed by atoms with E-state index in [1.807, 2.05) is 31.2 Å². The van der Waals surface area contributed by atoms with Gasteiger partial charge in [0.25, 0.3) is 0 Å². The van der Waals surface area contributed by atoms with Crippen molar-refractivity contribution in [3.63, 3.8) is 0 Å². The van der Waals surface area contributed by atoms with Crippen LogP contribution in [0.4, 0.5) is 0 Å². The highest BCUT2D eigenvalue weighted by atomic mass is 16.4. The highest BCUT2D eigenvalue weighted by Crippen LogP contribution is 2.18. The lowest BCUT2D eigenvalue weighted by atomic mass is 10.1. The van der Waals surface area contributed by atoms with E-state index >= 15 is 0 Å². The van der Waals surface area contributed by atoms with Crippen molar-refractivity contribution in [1.29, 1.82) is 0 Å². The zero-order valence-electron chi connectivity index (χ0n) is 12.4. The van der Waals surface area contributed by atoms with Gasteiger partial charge in [0, 0.05) is 17.0 Å². The van der Waals surface area contributed by atoms with Crippen LogP contribution in [0.15, 0.2) is 29.1 Å². The molecule has 0 radical (unpaired) electrons. The number of aliphatic carboxylic acids is 1. The van der Waals surface area contributed by atoms with Gasteiger partial charge in [-0.25, -0.2) is 4.79 Å². The average Bonchev–Trinajstić information content (AvgIpc) is 2.43. The lowest BCUT2D eigenvalue weighted by Gasteiger charge is -2.16. The van der Waals surface area contributed by atoms with Gasteiger partial charge in [0.2, 0.25) is 0 Å². The molecule has 0 aliphatic carbocycles. The second-order valence-corrected chi connectivity index (χ2v) is 4.93. The van der Waals surface area contributed by atoms with E-state index in [0.29, 0.717) is 17.0 Å². The largest absolute Gasteiger partial charge is 0.481 e. The molecule has 0 fully saturated rings. The predicted octanol–water partition coefficient (Wildman–Crippen LogP) is 2.04. The third-order valence-electron chi connectivity index (χ3n) is 3.60. The number of aryl methyl sites for hydroxylation is 2. The third-order valence-corrected chi connectivity index (χ3v) is 3.60.